The molecular weight excluding hydrogens is 1010 g/mol. The zero-order valence-electron chi connectivity index (χ0n) is 42.9. The van der Waals surface area contributed by atoms with E-state index in [4.69, 9.17) is 14.9 Å². The van der Waals surface area contributed by atoms with E-state index < -0.39 is 71.9 Å². The second-order valence-corrected chi connectivity index (χ2v) is 19.0. The fraction of sp³-hybridized carbons (Fsp3) is 0.538. The molecule has 12 N–H and O–H groups in total. The topological polar surface area (TPSA) is 380 Å². The van der Waals surface area contributed by atoms with Crippen molar-refractivity contribution in [3.63, 3.8) is 0 Å². The monoisotopic (exact) mass is 1080 g/mol. The number of alkyl carbamates (subject to hydrolysis) is 1. The normalized spacial score (nSPS) is 15.5. The van der Waals surface area contributed by atoms with E-state index in [0.717, 1.165) is 27.1 Å². The third kappa shape index (κ3) is 23.1. The molecule has 3 aromatic rings. The minimum Gasteiger partial charge on any atom is -0.481 e. The summed E-state index contributed by atoms with van der Waals surface area (Å²) in [4.78, 5) is 125. The summed E-state index contributed by atoms with van der Waals surface area (Å²) in [6.45, 7) is 0.911. The SMILES string of the molecule is O=C(O)CCC[C@@H](OC(=O)N[C@@H](CCCCNC(=O)[C@H](Cc1c2ccccc2cc2ccccc12)NC(=O)C1CCC(CNC(=O)CNCCN(CCN(CCNCC(=O)O)CC(=O)O)CC(=O)O)CC1)C(=O)O)C(=O)O. The Hall–Kier alpha value is -7.48. The molecule has 1 fully saturated rings. The fourth-order valence-electron chi connectivity index (χ4n) is 9.10. The number of ether oxygens (including phenoxy) is 1. The van der Waals surface area contributed by atoms with Crippen LogP contribution in [0.5, 0.6) is 0 Å². The Labute approximate surface area is 444 Å². The molecule has 1 aliphatic carbocycles. The van der Waals surface area contributed by atoms with E-state index in [1.54, 1.807) is 9.80 Å². The number of hydrogen-bond donors (Lipinski definition) is 12. The van der Waals surface area contributed by atoms with E-state index >= 15 is 0 Å². The number of carboxylic acid groups (broad SMARTS) is 6. The molecule has 4 amide bonds. The van der Waals surface area contributed by atoms with Gasteiger partial charge in [-0.3, -0.25) is 43.4 Å². The maximum Gasteiger partial charge on any atom is 0.408 e. The number of carbonyl (C=O) groups excluding carboxylic acids is 4. The highest BCUT2D eigenvalue weighted by Crippen LogP contribution is 2.31. The predicted molar refractivity (Wildman–Crippen MR) is 278 cm³/mol. The average molecular weight is 1080 g/mol. The number of carbonyl (C=O) groups is 10. The zero-order valence-corrected chi connectivity index (χ0v) is 42.9. The number of nitrogens with one attached hydrogen (secondary N) is 6. The van der Waals surface area contributed by atoms with Crippen LogP contribution in [0.1, 0.15) is 69.8 Å². The minimum atomic E-state index is -1.68. The predicted octanol–water partition coefficient (Wildman–Crippen LogP) is 1.15. The van der Waals surface area contributed by atoms with Crippen LogP contribution in [0.3, 0.4) is 0 Å². The first kappa shape index (κ1) is 62.1. The molecule has 25 nitrogen and oxygen atoms in total. The Balaban J connectivity index is 1.28. The first-order valence-electron chi connectivity index (χ1n) is 25.7. The lowest BCUT2D eigenvalue weighted by molar-refractivity contribution is -0.148. The Morgan fingerprint density at radius 1 is 0.584 bits per heavy atom. The van der Waals surface area contributed by atoms with E-state index in [2.05, 4.69) is 38.0 Å². The van der Waals surface area contributed by atoms with Crippen LogP contribution < -0.4 is 31.9 Å². The number of fused-ring (bicyclic) bond motifs is 2. The number of nitrogens with zero attached hydrogens (tertiary/aromatic N) is 2. The van der Waals surface area contributed by atoms with Crippen molar-refractivity contribution in [2.45, 2.75) is 88.8 Å². The number of aliphatic carboxylic acids is 6. The summed E-state index contributed by atoms with van der Waals surface area (Å²) >= 11 is 0. The highest BCUT2D eigenvalue weighted by molar-refractivity contribution is 6.03. The quantitative estimate of drug-likeness (QED) is 0.0285. The summed E-state index contributed by atoms with van der Waals surface area (Å²) in [6.07, 6.45) is -0.901. The molecule has 0 bridgehead atoms. The van der Waals surface area contributed by atoms with Gasteiger partial charge in [0.2, 0.25) is 23.8 Å². The van der Waals surface area contributed by atoms with Crippen molar-refractivity contribution >= 4 is 81.2 Å². The van der Waals surface area contributed by atoms with Crippen LogP contribution in [-0.2, 0) is 54.3 Å². The standard InChI is InChI=1S/C52H72N8O17/c61-43(29-53-20-22-59(31-46(66)67)24-25-60(32-47(68)69)23-21-54-30-45(64)65)56-28-33-15-17-34(18-16-33)48(70)57-41(27-39-37-10-3-1-8-35(37)26-36-9-2-4-11-38(36)39)49(71)55-19-6-5-12-40(50(72)73)58-52(76)77-42(51(74)75)13-7-14-44(62)63/h1-4,8-11,26,33-34,40-42,53-54H,5-7,12-25,27-32H2,(H,55,71)(H,56,61)(H,57,70)(H,58,76)(H,62,63)(H,64,65)(H,66,67)(H,68,69)(H,72,73)(H,74,75)/t33?,34?,40-,41-,42+/m0/s1. The highest BCUT2D eigenvalue weighted by atomic mass is 16.6. The van der Waals surface area contributed by atoms with Gasteiger partial charge in [-0.25, -0.2) is 14.4 Å². The summed E-state index contributed by atoms with van der Waals surface area (Å²) in [6, 6.07) is 15.1. The van der Waals surface area contributed by atoms with E-state index in [1.165, 1.54) is 0 Å². The first-order chi connectivity index (χ1) is 36.8. The van der Waals surface area contributed by atoms with Crippen molar-refractivity contribution in [3.8, 4) is 0 Å². The summed E-state index contributed by atoms with van der Waals surface area (Å²) in [5, 5.41) is 75.9. The van der Waals surface area contributed by atoms with Gasteiger partial charge in [-0.1, -0.05) is 48.5 Å². The van der Waals surface area contributed by atoms with E-state index in [-0.39, 0.29) is 135 Å². The van der Waals surface area contributed by atoms with Crippen LogP contribution in [0, 0.1) is 11.8 Å². The number of benzene rings is 3. The molecule has 0 aromatic heterocycles. The second kappa shape index (κ2) is 32.8. The van der Waals surface area contributed by atoms with Gasteiger partial charge in [0.1, 0.15) is 12.1 Å². The Kier molecular flexibility index (Phi) is 26.5. The largest absolute Gasteiger partial charge is 0.481 e. The molecule has 422 valence electrons. The Bertz CT molecular complexity index is 2450. The molecule has 1 aliphatic rings. The zero-order chi connectivity index (χ0) is 56.3. The van der Waals surface area contributed by atoms with Crippen molar-refractivity contribution in [1.82, 2.24) is 41.7 Å². The second-order valence-electron chi connectivity index (χ2n) is 19.0. The van der Waals surface area contributed by atoms with Gasteiger partial charge in [0.05, 0.1) is 26.2 Å². The molecule has 3 aromatic carbocycles. The van der Waals surface area contributed by atoms with Gasteiger partial charge in [0.25, 0.3) is 0 Å². The van der Waals surface area contributed by atoms with Gasteiger partial charge in [-0.15, -0.1) is 0 Å². The maximum absolute atomic E-state index is 14.1. The van der Waals surface area contributed by atoms with E-state index in [0.29, 0.717) is 32.2 Å². The number of unbranched alkanes of at least 4 members (excludes halogenated alkanes) is 1. The van der Waals surface area contributed by atoms with Crippen molar-refractivity contribution in [1.29, 1.82) is 0 Å². The molecule has 0 radical (unpaired) electrons. The summed E-state index contributed by atoms with van der Waals surface area (Å²) < 4.78 is 4.87. The summed E-state index contributed by atoms with van der Waals surface area (Å²) in [5.41, 5.74) is 0.862. The Morgan fingerprint density at radius 2 is 1.17 bits per heavy atom. The Morgan fingerprint density at radius 3 is 1.71 bits per heavy atom. The van der Waals surface area contributed by atoms with Gasteiger partial charge in [0, 0.05) is 71.1 Å². The van der Waals surface area contributed by atoms with Gasteiger partial charge in [0.15, 0.2) is 0 Å². The molecule has 0 aliphatic heterocycles. The first-order valence-corrected chi connectivity index (χ1v) is 25.7. The molecule has 0 unspecified atom stereocenters. The smallest absolute Gasteiger partial charge is 0.408 e. The lowest BCUT2D eigenvalue weighted by atomic mass is 9.81. The number of hydrogen-bond acceptors (Lipinski definition) is 15. The third-order valence-corrected chi connectivity index (χ3v) is 13.1. The van der Waals surface area contributed by atoms with Crippen LogP contribution in [0.15, 0.2) is 54.6 Å². The van der Waals surface area contributed by atoms with Crippen LogP contribution in [-0.4, -0.2) is 197 Å². The van der Waals surface area contributed by atoms with Gasteiger partial charge in [-0.2, -0.15) is 0 Å². The average Bonchev–Trinajstić information content (AvgIpc) is 3.39. The molecule has 0 saturated heterocycles. The number of amides is 4. The maximum atomic E-state index is 14.1. The lowest BCUT2D eigenvalue weighted by Crippen LogP contribution is -2.50. The summed E-state index contributed by atoms with van der Waals surface area (Å²) in [5.74, 6) is -8.65. The van der Waals surface area contributed by atoms with Crippen molar-refractivity contribution in [3.05, 3.63) is 60.2 Å². The van der Waals surface area contributed by atoms with Crippen LogP contribution in [0.2, 0.25) is 0 Å². The number of carboxylic acids is 6. The molecule has 0 heterocycles. The van der Waals surface area contributed by atoms with Crippen LogP contribution in [0.25, 0.3) is 21.5 Å². The molecule has 1 saturated carbocycles. The molecular formula is C52H72N8O17. The highest BCUT2D eigenvalue weighted by Gasteiger charge is 2.31. The van der Waals surface area contributed by atoms with Crippen molar-refractivity contribution in [2.75, 3.05) is 78.5 Å². The molecule has 25 heteroatoms. The van der Waals surface area contributed by atoms with Gasteiger partial charge >= 0.3 is 41.9 Å². The summed E-state index contributed by atoms with van der Waals surface area (Å²) in [7, 11) is 0. The van der Waals surface area contributed by atoms with Gasteiger partial charge in [-0.05, 0) is 96.9 Å². The van der Waals surface area contributed by atoms with E-state index in [1.807, 2.05) is 48.5 Å². The molecule has 0 spiro atoms. The lowest BCUT2D eigenvalue weighted by Gasteiger charge is -2.29. The van der Waals surface area contributed by atoms with E-state index in [9.17, 15) is 68.4 Å². The van der Waals surface area contributed by atoms with Gasteiger partial charge < -0.3 is 67.3 Å². The molecule has 4 rings (SSSR count). The van der Waals surface area contributed by atoms with Crippen molar-refractivity contribution in [2.24, 2.45) is 11.8 Å². The molecule has 77 heavy (non-hydrogen) atoms. The fourth-order valence-corrected chi connectivity index (χ4v) is 9.10. The van der Waals surface area contributed by atoms with Crippen molar-refractivity contribution < 1.29 is 83.3 Å². The molecule has 3 atom stereocenters. The minimum absolute atomic E-state index is 0.0402. The third-order valence-electron chi connectivity index (χ3n) is 13.1. The van der Waals surface area contributed by atoms with Crippen LogP contribution >= 0.6 is 0 Å². The number of rotatable bonds is 37. The van der Waals surface area contributed by atoms with Crippen LogP contribution in [0.4, 0.5) is 4.79 Å².